The number of nitro benzene ring substituents is 1. The van der Waals surface area contributed by atoms with Crippen LogP contribution in [0.4, 0.5) is 11.4 Å². The van der Waals surface area contributed by atoms with Crippen molar-refractivity contribution in [1.82, 2.24) is 5.43 Å². The molecule has 0 unspecified atom stereocenters. The molecule has 1 aromatic rings. The Hall–Kier alpha value is -1.62. The highest BCUT2D eigenvalue weighted by Crippen LogP contribution is 2.13. The highest BCUT2D eigenvalue weighted by molar-refractivity contribution is 5.42. The summed E-state index contributed by atoms with van der Waals surface area (Å²) in [6.45, 7) is 0. The van der Waals surface area contributed by atoms with Crippen molar-refractivity contribution < 1.29 is 4.92 Å². The van der Waals surface area contributed by atoms with Crippen LogP contribution in [0.5, 0.6) is 0 Å². The van der Waals surface area contributed by atoms with Crippen molar-refractivity contribution in [3.63, 3.8) is 0 Å². The largest absolute Gasteiger partial charge is 0.269 e. The molecule has 5 nitrogen and oxygen atoms in total. The van der Waals surface area contributed by atoms with E-state index >= 15 is 0 Å². The monoisotopic (exact) mass is 152 g/mol. The van der Waals surface area contributed by atoms with Crippen molar-refractivity contribution in [3.05, 3.63) is 34.4 Å². The van der Waals surface area contributed by atoms with Crippen LogP contribution in [0, 0.1) is 10.1 Å². The molecule has 0 spiro atoms. The van der Waals surface area contributed by atoms with E-state index in [0.29, 0.717) is 5.69 Å². The second-order valence-corrected chi connectivity index (χ2v) is 1.90. The molecule has 11 heavy (non-hydrogen) atoms. The van der Waals surface area contributed by atoms with Crippen LogP contribution < -0.4 is 11.3 Å². The zero-order valence-electron chi connectivity index (χ0n) is 5.60. The van der Waals surface area contributed by atoms with Crippen LogP contribution in [0.1, 0.15) is 0 Å². The van der Waals surface area contributed by atoms with E-state index in [4.69, 9.17) is 5.84 Å². The molecule has 0 aliphatic carbocycles. The fourth-order valence-electron chi connectivity index (χ4n) is 0.660. The second-order valence-electron chi connectivity index (χ2n) is 1.90. The minimum absolute atomic E-state index is 0.0393. The molecule has 0 heterocycles. The quantitative estimate of drug-likeness (QED) is 0.384. The van der Waals surface area contributed by atoms with E-state index in [9.17, 15) is 10.1 Å². The lowest BCUT2D eigenvalue weighted by Crippen LogP contribution is -2.04. The zero-order chi connectivity index (χ0) is 8.27. The van der Waals surface area contributed by atoms with Gasteiger partial charge in [-0.25, -0.2) is 11.3 Å². The van der Waals surface area contributed by atoms with E-state index in [1.54, 1.807) is 0 Å². The van der Waals surface area contributed by atoms with Gasteiger partial charge in [-0.2, -0.15) is 0 Å². The van der Waals surface area contributed by atoms with Gasteiger partial charge >= 0.3 is 0 Å². The topological polar surface area (TPSA) is 83.3 Å². The van der Waals surface area contributed by atoms with E-state index in [1.165, 1.54) is 24.3 Å². The number of benzene rings is 1. The lowest BCUT2D eigenvalue weighted by molar-refractivity contribution is -0.384. The third-order valence-corrected chi connectivity index (χ3v) is 1.21. The van der Waals surface area contributed by atoms with Crippen LogP contribution in [-0.2, 0) is 0 Å². The Bertz CT molecular complexity index is 257. The maximum absolute atomic E-state index is 10.1. The third-order valence-electron chi connectivity index (χ3n) is 1.21. The number of nitrogens with two attached hydrogens (primary N) is 1. The molecule has 0 saturated heterocycles. The van der Waals surface area contributed by atoms with Gasteiger partial charge in [0.2, 0.25) is 0 Å². The van der Waals surface area contributed by atoms with Gasteiger partial charge < -0.3 is 0 Å². The summed E-state index contributed by atoms with van der Waals surface area (Å²) in [5.41, 5.74) is 3.91. The fraction of sp³-hybridized carbons (Fsp3) is 0. The number of nitro groups is 1. The Morgan fingerprint density at radius 1 is 1.36 bits per heavy atom. The first kappa shape index (κ1) is 7.49. The summed E-state index contributed by atoms with van der Waals surface area (Å²) in [5.74, 6) is 4.93. The molecule has 0 aromatic heterocycles. The summed E-state index contributed by atoms with van der Waals surface area (Å²) < 4.78 is 0. The van der Waals surface area contributed by atoms with Gasteiger partial charge in [0, 0.05) is 12.1 Å². The van der Waals surface area contributed by atoms with Crippen molar-refractivity contribution in [2.24, 2.45) is 5.84 Å². The summed E-state index contributed by atoms with van der Waals surface area (Å²) in [6, 6.07) is 5.67. The fourth-order valence-corrected chi connectivity index (χ4v) is 0.660. The molecular formula is C6H6N3O2. The summed E-state index contributed by atoms with van der Waals surface area (Å²) in [4.78, 5) is 9.67. The molecule has 0 aliphatic rings. The zero-order valence-corrected chi connectivity index (χ0v) is 5.60. The first-order valence-corrected chi connectivity index (χ1v) is 2.89. The average Bonchev–Trinajstić information content (AvgIpc) is 2.05. The number of nitrogens with zero attached hydrogens (tertiary/aromatic N) is 2. The number of rotatable bonds is 2. The summed E-state index contributed by atoms with van der Waals surface area (Å²) in [5, 5.41) is 10.1. The van der Waals surface area contributed by atoms with Crippen LogP contribution >= 0.6 is 0 Å². The van der Waals surface area contributed by atoms with Gasteiger partial charge in [-0.3, -0.25) is 10.1 Å². The highest BCUT2D eigenvalue weighted by Gasteiger charge is 2.02. The van der Waals surface area contributed by atoms with Crippen LogP contribution in [0.3, 0.4) is 0 Å². The predicted octanol–water partition coefficient (Wildman–Crippen LogP) is 0.704. The van der Waals surface area contributed by atoms with E-state index in [1.807, 2.05) is 0 Å². The molecule has 0 atom stereocenters. The van der Waals surface area contributed by atoms with Crippen molar-refractivity contribution in [3.8, 4) is 0 Å². The molecule has 0 amide bonds. The Morgan fingerprint density at radius 3 is 2.27 bits per heavy atom. The maximum Gasteiger partial charge on any atom is 0.269 e. The molecule has 1 rings (SSSR count). The number of hydrogen-bond donors (Lipinski definition) is 1. The van der Waals surface area contributed by atoms with Crippen LogP contribution in [-0.4, -0.2) is 4.92 Å². The third kappa shape index (κ3) is 1.65. The molecule has 5 heteroatoms. The molecule has 0 bridgehead atoms. The molecule has 0 aliphatic heterocycles. The van der Waals surface area contributed by atoms with Crippen molar-refractivity contribution >= 4 is 11.4 Å². The van der Waals surface area contributed by atoms with Crippen molar-refractivity contribution in [1.29, 1.82) is 0 Å². The van der Waals surface area contributed by atoms with Gasteiger partial charge in [0.15, 0.2) is 0 Å². The predicted molar refractivity (Wildman–Crippen MR) is 39.1 cm³/mol. The molecular weight excluding hydrogens is 146 g/mol. The van der Waals surface area contributed by atoms with Crippen molar-refractivity contribution in [2.75, 3.05) is 0 Å². The number of hydrogen-bond acceptors (Lipinski definition) is 3. The standard InChI is InChI=1S/C6H6N3O2/c7-8-5-1-3-6(4-2-5)9(10)11/h1-4H,7H2. The molecule has 1 aromatic carbocycles. The Balaban J connectivity index is 2.91. The van der Waals surface area contributed by atoms with Crippen molar-refractivity contribution in [2.45, 2.75) is 0 Å². The Morgan fingerprint density at radius 2 is 1.91 bits per heavy atom. The minimum Gasteiger partial charge on any atom is -0.258 e. The first-order valence-electron chi connectivity index (χ1n) is 2.89. The first-order chi connectivity index (χ1) is 5.24. The maximum atomic E-state index is 10.1. The van der Waals surface area contributed by atoms with E-state index < -0.39 is 4.92 Å². The molecule has 0 saturated carbocycles. The Labute approximate surface area is 62.9 Å². The average molecular weight is 152 g/mol. The van der Waals surface area contributed by atoms with Gasteiger partial charge in [-0.1, -0.05) is 0 Å². The van der Waals surface area contributed by atoms with Crippen LogP contribution in [0.25, 0.3) is 0 Å². The molecule has 0 fully saturated rings. The summed E-state index contributed by atoms with van der Waals surface area (Å²) in [6.07, 6.45) is 0. The van der Waals surface area contributed by atoms with Gasteiger partial charge in [0.25, 0.3) is 5.69 Å². The highest BCUT2D eigenvalue weighted by atomic mass is 16.6. The van der Waals surface area contributed by atoms with E-state index in [2.05, 4.69) is 5.43 Å². The second kappa shape index (κ2) is 2.98. The molecule has 1 radical (unpaired) electrons. The lowest BCUT2D eigenvalue weighted by Gasteiger charge is -1.93. The SMILES string of the molecule is N[N]c1ccc([N+](=O)[O-])cc1. The Kier molecular flexibility index (Phi) is 2.03. The minimum atomic E-state index is -0.472. The van der Waals surface area contributed by atoms with Gasteiger partial charge in [-0.05, 0) is 12.1 Å². The van der Waals surface area contributed by atoms with E-state index in [0.717, 1.165) is 0 Å². The van der Waals surface area contributed by atoms with Crippen LogP contribution in [0.2, 0.25) is 0 Å². The van der Waals surface area contributed by atoms with Gasteiger partial charge in [0.05, 0.1) is 10.6 Å². The lowest BCUT2D eigenvalue weighted by atomic mass is 10.3. The van der Waals surface area contributed by atoms with Gasteiger partial charge in [0.1, 0.15) is 0 Å². The molecule has 2 N–H and O–H groups in total. The van der Waals surface area contributed by atoms with Gasteiger partial charge in [-0.15, -0.1) is 0 Å². The summed E-state index contributed by atoms with van der Waals surface area (Å²) >= 11 is 0. The molecule has 57 valence electrons. The normalized spacial score (nSPS) is 9.18. The van der Waals surface area contributed by atoms with E-state index in [-0.39, 0.29) is 5.69 Å². The van der Waals surface area contributed by atoms with Crippen LogP contribution in [0.15, 0.2) is 24.3 Å². The smallest absolute Gasteiger partial charge is 0.258 e. The summed E-state index contributed by atoms with van der Waals surface area (Å²) in [7, 11) is 0. The number of non-ortho nitro benzene ring substituents is 1.